The number of piperazine rings is 1. The van der Waals surface area contributed by atoms with Gasteiger partial charge in [-0.05, 0) is 35.5 Å². The van der Waals surface area contributed by atoms with E-state index in [2.05, 4.69) is 109 Å². The van der Waals surface area contributed by atoms with Crippen molar-refractivity contribution in [3.63, 3.8) is 0 Å². The lowest BCUT2D eigenvalue weighted by Crippen LogP contribution is -2.68. The summed E-state index contributed by atoms with van der Waals surface area (Å²) in [4.78, 5) is 5.03. The fourth-order valence-corrected chi connectivity index (χ4v) is 8.40. The number of nitrogens with zero attached hydrogens (tertiary/aromatic N) is 2. The van der Waals surface area contributed by atoms with Crippen molar-refractivity contribution in [2.24, 2.45) is 0 Å². The molecule has 1 aliphatic rings. The number of benzene rings is 3. The van der Waals surface area contributed by atoms with Gasteiger partial charge in [-0.2, -0.15) is 0 Å². The van der Waals surface area contributed by atoms with E-state index in [0.29, 0.717) is 0 Å². The maximum Gasteiger partial charge on any atom is 0.269 e. The normalized spacial score (nSPS) is 17.5. The minimum absolute atomic E-state index is 0.731. The molecule has 30 heavy (non-hydrogen) atoms. The highest BCUT2D eigenvalue weighted by Crippen LogP contribution is 2.19. The zero-order chi connectivity index (χ0) is 20.8. The Hall–Kier alpha value is -2.24. The molecule has 1 fully saturated rings. The molecule has 0 amide bonds. The number of likely N-dealkylation sites (N-methyl/N-ethyl adjacent to an activating group) is 1. The van der Waals surface area contributed by atoms with Crippen LogP contribution in [0.3, 0.4) is 0 Å². The summed E-state index contributed by atoms with van der Waals surface area (Å²) in [5.74, 6) is 0. The molecule has 0 aliphatic carbocycles. The van der Waals surface area contributed by atoms with E-state index in [0.717, 1.165) is 39.0 Å². The molecule has 1 saturated heterocycles. The van der Waals surface area contributed by atoms with Crippen molar-refractivity contribution in [3.8, 4) is 11.1 Å². The van der Waals surface area contributed by atoms with Crippen molar-refractivity contribution < 1.29 is 4.43 Å². The SMILES string of the molecule is CCO[Si](CN1CCN(C)CC1)(c1ccccc1)c1ccc(-c2ccccc2)cc1. The largest absolute Gasteiger partial charge is 0.407 e. The van der Waals surface area contributed by atoms with Crippen LogP contribution in [-0.2, 0) is 4.43 Å². The first-order valence-corrected chi connectivity index (χ1v) is 13.1. The lowest BCUT2D eigenvalue weighted by molar-refractivity contribution is 0.164. The molecular weight excluding hydrogens is 384 g/mol. The van der Waals surface area contributed by atoms with Crippen LogP contribution in [0.15, 0.2) is 84.9 Å². The van der Waals surface area contributed by atoms with Gasteiger partial charge >= 0.3 is 0 Å². The molecule has 4 heteroatoms. The molecule has 1 atom stereocenters. The molecule has 3 aromatic rings. The van der Waals surface area contributed by atoms with Crippen LogP contribution in [0, 0.1) is 0 Å². The Kier molecular flexibility index (Phi) is 6.80. The van der Waals surface area contributed by atoms with Crippen molar-refractivity contribution in [3.05, 3.63) is 84.9 Å². The molecule has 0 aromatic heterocycles. The van der Waals surface area contributed by atoms with E-state index in [9.17, 15) is 0 Å². The molecule has 0 spiro atoms. The van der Waals surface area contributed by atoms with Crippen LogP contribution in [0.4, 0.5) is 0 Å². The summed E-state index contributed by atoms with van der Waals surface area (Å²) >= 11 is 0. The maximum absolute atomic E-state index is 6.76. The first kappa shape index (κ1) is 21.0. The standard InChI is InChI=1S/C26H32N2OSi/c1-3-29-30(25-12-8-5-9-13-25,22-28-20-18-27(2)19-21-28)26-16-14-24(15-17-26)23-10-6-4-7-11-23/h4-17H,3,18-22H2,1-2H3. The van der Waals surface area contributed by atoms with Gasteiger partial charge in [0.2, 0.25) is 0 Å². The first-order chi connectivity index (χ1) is 14.7. The minimum Gasteiger partial charge on any atom is -0.407 e. The van der Waals surface area contributed by atoms with E-state index in [-0.39, 0.29) is 0 Å². The summed E-state index contributed by atoms with van der Waals surface area (Å²) in [5.41, 5.74) is 2.51. The second kappa shape index (κ2) is 9.71. The van der Waals surface area contributed by atoms with Crippen molar-refractivity contribution >= 4 is 18.7 Å². The number of rotatable bonds is 7. The van der Waals surface area contributed by atoms with Gasteiger partial charge in [0, 0.05) is 39.0 Å². The summed E-state index contributed by atoms with van der Waals surface area (Å²) in [5, 5.41) is 2.72. The highest BCUT2D eigenvalue weighted by molar-refractivity contribution is 6.97. The van der Waals surface area contributed by atoms with Gasteiger partial charge in [-0.3, -0.25) is 0 Å². The highest BCUT2D eigenvalue weighted by atomic mass is 28.4. The van der Waals surface area contributed by atoms with Gasteiger partial charge in [-0.15, -0.1) is 0 Å². The fraction of sp³-hybridized carbons (Fsp3) is 0.308. The van der Waals surface area contributed by atoms with E-state index in [1.54, 1.807) is 0 Å². The Bertz CT molecular complexity index is 909. The van der Waals surface area contributed by atoms with Gasteiger partial charge in [0.1, 0.15) is 0 Å². The third kappa shape index (κ3) is 4.57. The van der Waals surface area contributed by atoms with Gasteiger partial charge in [0.25, 0.3) is 8.32 Å². The number of hydrogen-bond acceptors (Lipinski definition) is 3. The molecule has 1 unspecified atom stereocenters. The molecule has 1 aliphatic heterocycles. The van der Waals surface area contributed by atoms with E-state index >= 15 is 0 Å². The lowest BCUT2D eigenvalue weighted by atomic mass is 10.1. The van der Waals surface area contributed by atoms with E-state index in [1.165, 1.54) is 21.5 Å². The van der Waals surface area contributed by atoms with Crippen LogP contribution in [0.2, 0.25) is 0 Å². The Morgan fingerprint density at radius 1 is 0.700 bits per heavy atom. The quantitative estimate of drug-likeness (QED) is 0.550. The predicted molar refractivity (Wildman–Crippen MR) is 129 cm³/mol. The van der Waals surface area contributed by atoms with Gasteiger partial charge in [0.05, 0.1) is 0 Å². The monoisotopic (exact) mass is 416 g/mol. The molecule has 156 valence electrons. The third-order valence-electron chi connectivity index (χ3n) is 6.13. The van der Waals surface area contributed by atoms with Crippen LogP contribution < -0.4 is 10.4 Å². The zero-order valence-corrected chi connectivity index (χ0v) is 19.1. The smallest absolute Gasteiger partial charge is 0.269 e. The Morgan fingerprint density at radius 2 is 1.23 bits per heavy atom. The van der Waals surface area contributed by atoms with Crippen LogP contribution in [0.1, 0.15) is 6.92 Å². The molecule has 1 heterocycles. The summed E-state index contributed by atoms with van der Waals surface area (Å²) in [6.07, 6.45) is 1.00. The molecule has 0 saturated carbocycles. The van der Waals surface area contributed by atoms with Gasteiger partial charge < -0.3 is 14.2 Å². The average molecular weight is 417 g/mol. The van der Waals surface area contributed by atoms with Crippen LogP contribution in [0.5, 0.6) is 0 Å². The van der Waals surface area contributed by atoms with Gasteiger partial charge in [0.15, 0.2) is 0 Å². The Morgan fingerprint density at radius 3 is 1.83 bits per heavy atom. The van der Waals surface area contributed by atoms with Crippen LogP contribution >= 0.6 is 0 Å². The van der Waals surface area contributed by atoms with Crippen molar-refractivity contribution in [2.75, 3.05) is 46.0 Å². The summed E-state index contributed by atoms with van der Waals surface area (Å²) in [6, 6.07) is 30.7. The van der Waals surface area contributed by atoms with Crippen molar-refractivity contribution in [1.29, 1.82) is 0 Å². The summed E-state index contributed by atoms with van der Waals surface area (Å²) in [6.45, 7) is 7.32. The minimum atomic E-state index is -2.37. The summed E-state index contributed by atoms with van der Waals surface area (Å²) < 4.78 is 6.76. The molecular formula is C26H32N2OSi. The van der Waals surface area contributed by atoms with Crippen LogP contribution in [0.25, 0.3) is 11.1 Å². The second-order valence-corrected chi connectivity index (χ2v) is 11.6. The maximum atomic E-state index is 6.76. The molecule has 0 bridgehead atoms. The fourth-order valence-electron chi connectivity index (χ4n) is 4.40. The lowest BCUT2D eigenvalue weighted by Gasteiger charge is -2.40. The Balaban J connectivity index is 1.72. The van der Waals surface area contributed by atoms with E-state index in [1.807, 2.05) is 0 Å². The Labute approximate surface area is 182 Å². The topological polar surface area (TPSA) is 15.7 Å². The zero-order valence-electron chi connectivity index (χ0n) is 18.1. The predicted octanol–water partition coefficient (Wildman–Crippen LogP) is 3.24. The number of hydrogen-bond donors (Lipinski definition) is 0. The van der Waals surface area contributed by atoms with E-state index < -0.39 is 8.32 Å². The molecule has 3 aromatic carbocycles. The van der Waals surface area contributed by atoms with Crippen molar-refractivity contribution in [1.82, 2.24) is 9.80 Å². The molecule has 4 rings (SSSR count). The second-order valence-electron chi connectivity index (χ2n) is 8.15. The van der Waals surface area contributed by atoms with Gasteiger partial charge in [-0.1, -0.05) is 84.9 Å². The van der Waals surface area contributed by atoms with Gasteiger partial charge in [-0.25, -0.2) is 0 Å². The highest BCUT2D eigenvalue weighted by Gasteiger charge is 2.41. The summed E-state index contributed by atoms with van der Waals surface area (Å²) in [7, 11) is -0.161. The first-order valence-electron chi connectivity index (χ1n) is 11.0. The molecule has 0 radical (unpaired) electrons. The third-order valence-corrected chi connectivity index (χ3v) is 10.3. The molecule has 3 nitrogen and oxygen atoms in total. The van der Waals surface area contributed by atoms with E-state index in [4.69, 9.17) is 4.43 Å². The van der Waals surface area contributed by atoms with Crippen LogP contribution in [-0.4, -0.2) is 64.1 Å². The van der Waals surface area contributed by atoms with Crippen molar-refractivity contribution in [2.45, 2.75) is 6.92 Å². The average Bonchev–Trinajstić information content (AvgIpc) is 2.81. The molecule has 0 N–H and O–H groups in total.